The number of rotatable bonds is 5. The van der Waals surface area contributed by atoms with E-state index in [4.69, 9.17) is 16.0 Å². The second kappa shape index (κ2) is 8.06. The predicted molar refractivity (Wildman–Crippen MR) is 111 cm³/mol. The number of furan rings is 1. The molecule has 0 spiro atoms. The number of thiophene rings is 1. The summed E-state index contributed by atoms with van der Waals surface area (Å²) in [6, 6.07) is 14.3. The summed E-state index contributed by atoms with van der Waals surface area (Å²) in [5.74, 6) is -0.616. The SMILES string of the molecule is O=C(NCc1ccco1)c1ccccc1NC(=O)c1sc2cc(F)ccc2c1Cl. The van der Waals surface area contributed by atoms with Crippen molar-refractivity contribution in [2.45, 2.75) is 6.54 Å². The molecule has 5 nitrogen and oxygen atoms in total. The summed E-state index contributed by atoms with van der Waals surface area (Å²) in [5, 5.41) is 6.33. The van der Waals surface area contributed by atoms with Gasteiger partial charge in [-0.3, -0.25) is 9.59 Å². The molecule has 4 rings (SSSR count). The van der Waals surface area contributed by atoms with Crippen LogP contribution in [-0.2, 0) is 6.54 Å². The molecule has 29 heavy (non-hydrogen) atoms. The van der Waals surface area contributed by atoms with Gasteiger partial charge in [-0.15, -0.1) is 11.3 Å². The highest BCUT2D eigenvalue weighted by molar-refractivity contribution is 7.21. The van der Waals surface area contributed by atoms with Crippen LogP contribution < -0.4 is 10.6 Å². The average molecular weight is 429 g/mol. The van der Waals surface area contributed by atoms with Crippen LogP contribution in [0.5, 0.6) is 0 Å². The summed E-state index contributed by atoms with van der Waals surface area (Å²) < 4.78 is 19.2. The van der Waals surface area contributed by atoms with E-state index >= 15 is 0 Å². The average Bonchev–Trinajstić information content (AvgIpc) is 3.34. The maximum atomic E-state index is 13.5. The molecule has 0 fully saturated rings. The van der Waals surface area contributed by atoms with Crippen LogP contribution in [0, 0.1) is 5.82 Å². The predicted octanol–water partition coefficient (Wildman–Crippen LogP) is 5.47. The lowest BCUT2D eigenvalue weighted by Crippen LogP contribution is -2.24. The molecule has 4 aromatic rings. The number of amides is 2. The summed E-state index contributed by atoms with van der Waals surface area (Å²) in [5.41, 5.74) is 0.643. The zero-order valence-electron chi connectivity index (χ0n) is 14.9. The van der Waals surface area contributed by atoms with Gasteiger partial charge >= 0.3 is 0 Å². The van der Waals surface area contributed by atoms with Crippen LogP contribution in [-0.4, -0.2) is 11.8 Å². The summed E-state index contributed by atoms with van der Waals surface area (Å²) in [6.07, 6.45) is 1.52. The highest BCUT2D eigenvalue weighted by Crippen LogP contribution is 2.36. The molecule has 0 radical (unpaired) electrons. The number of carbonyl (C=O) groups excluding carboxylic acids is 2. The van der Waals surface area contributed by atoms with Gasteiger partial charge in [-0.2, -0.15) is 0 Å². The molecule has 2 N–H and O–H groups in total. The van der Waals surface area contributed by atoms with Crippen molar-refractivity contribution in [1.29, 1.82) is 0 Å². The van der Waals surface area contributed by atoms with E-state index < -0.39 is 11.7 Å². The Morgan fingerprint density at radius 2 is 1.90 bits per heavy atom. The molecule has 0 saturated carbocycles. The standard InChI is InChI=1S/C21H14ClFN2O3S/c22-18-15-8-7-12(23)10-17(15)29-19(18)21(27)25-16-6-2-1-5-14(16)20(26)24-11-13-4-3-9-28-13/h1-10H,11H2,(H,24,26)(H,25,27). The molecule has 2 heterocycles. The zero-order chi connectivity index (χ0) is 20.4. The summed E-state index contributed by atoms with van der Waals surface area (Å²) >= 11 is 7.41. The van der Waals surface area contributed by atoms with Crippen molar-refractivity contribution >= 4 is 50.5 Å². The number of hydrogen-bond donors (Lipinski definition) is 2. The Kier molecular flexibility index (Phi) is 5.33. The van der Waals surface area contributed by atoms with Crippen LogP contribution in [0.15, 0.2) is 65.3 Å². The van der Waals surface area contributed by atoms with Crippen molar-refractivity contribution in [2.75, 3.05) is 5.32 Å². The van der Waals surface area contributed by atoms with E-state index in [1.165, 1.54) is 24.5 Å². The van der Waals surface area contributed by atoms with Crippen LogP contribution in [0.1, 0.15) is 25.8 Å². The Hall–Kier alpha value is -3.16. The van der Waals surface area contributed by atoms with Crippen molar-refractivity contribution in [3.8, 4) is 0 Å². The fraction of sp³-hybridized carbons (Fsp3) is 0.0476. The van der Waals surface area contributed by atoms with Gasteiger partial charge in [0.1, 0.15) is 16.5 Å². The minimum absolute atomic E-state index is 0.224. The first-order chi connectivity index (χ1) is 14.0. The van der Waals surface area contributed by atoms with E-state index in [0.29, 0.717) is 27.1 Å². The number of benzene rings is 2. The zero-order valence-corrected chi connectivity index (χ0v) is 16.4. The number of carbonyl (C=O) groups is 2. The van der Waals surface area contributed by atoms with Gasteiger partial charge in [0, 0.05) is 10.1 Å². The second-order valence-corrected chi connectivity index (χ2v) is 7.58. The van der Waals surface area contributed by atoms with Gasteiger partial charge in [-0.25, -0.2) is 4.39 Å². The Morgan fingerprint density at radius 1 is 1.07 bits per heavy atom. The molecule has 0 aliphatic heterocycles. The Morgan fingerprint density at radius 3 is 2.69 bits per heavy atom. The molecule has 0 unspecified atom stereocenters. The minimum atomic E-state index is -0.470. The van der Waals surface area contributed by atoms with Crippen LogP contribution in [0.2, 0.25) is 5.02 Å². The summed E-state index contributed by atoms with van der Waals surface area (Å²) in [4.78, 5) is 25.6. The number of anilines is 1. The molecule has 0 atom stereocenters. The van der Waals surface area contributed by atoms with Gasteiger partial charge in [-0.05, 0) is 42.5 Å². The topological polar surface area (TPSA) is 71.3 Å². The second-order valence-electron chi connectivity index (χ2n) is 6.15. The molecule has 0 saturated heterocycles. The molecule has 0 aliphatic carbocycles. The number of nitrogens with one attached hydrogen (secondary N) is 2. The van der Waals surface area contributed by atoms with Gasteiger partial charge in [0.05, 0.1) is 29.1 Å². The monoisotopic (exact) mass is 428 g/mol. The van der Waals surface area contributed by atoms with Crippen molar-refractivity contribution in [1.82, 2.24) is 5.32 Å². The first kappa shape index (κ1) is 19.2. The third-order valence-corrected chi connectivity index (χ3v) is 5.88. The smallest absolute Gasteiger partial charge is 0.267 e. The fourth-order valence-electron chi connectivity index (χ4n) is 2.83. The van der Waals surface area contributed by atoms with Gasteiger partial charge in [0.2, 0.25) is 0 Å². The fourth-order valence-corrected chi connectivity index (χ4v) is 4.27. The minimum Gasteiger partial charge on any atom is -0.467 e. The highest BCUT2D eigenvalue weighted by Gasteiger charge is 2.20. The lowest BCUT2D eigenvalue weighted by atomic mass is 10.1. The van der Waals surface area contributed by atoms with Gasteiger partial charge in [0.25, 0.3) is 11.8 Å². The lowest BCUT2D eigenvalue weighted by Gasteiger charge is -2.10. The third-order valence-electron chi connectivity index (χ3n) is 4.22. The largest absolute Gasteiger partial charge is 0.467 e. The van der Waals surface area contributed by atoms with Gasteiger partial charge < -0.3 is 15.1 Å². The van der Waals surface area contributed by atoms with Crippen LogP contribution in [0.3, 0.4) is 0 Å². The lowest BCUT2D eigenvalue weighted by molar-refractivity contribution is 0.0949. The molecule has 2 aromatic carbocycles. The molecule has 0 bridgehead atoms. The maximum absolute atomic E-state index is 13.5. The molecule has 8 heteroatoms. The summed E-state index contributed by atoms with van der Waals surface area (Å²) in [6.45, 7) is 0.224. The number of hydrogen-bond acceptors (Lipinski definition) is 4. The van der Waals surface area contributed by atoms with Crippen molar-refractivity contribution in [2.24, 2.45) is 0 Å². The molecule has 0 aliphatic rings. The van der Waals surface area contributed by atoms with E-state index in [1.807, 2.05) is 0 Å². The van der Waals surface area contributed by atoms with E-state index in [1.54, 1.807) is 36.4 Å². The quantitative estimate of drug-likeness (QED) is 0.442. The molecular weight excluding hydrogens is 415 g/mol. The first-order valence-electron chi connectivity index (χ1n) is 8.61. The highest BCUT2D eigenvalue weighted by atomic mass is 35.5. The van der Waals surface area contributed by atoms with Gasteiger partial charge in [0.15, 0.2) is 0 Å². The van der Waals surface area contributed by atoms with Crippen LogP contribution >= 0.6 is 22.9 Å². The Bertz CT molecular complexity index is 1200. The van der Waals surface area contributed by atoms with E-state index in [0.717, 1.165) is 11.3 Å². The van der Waals surface area contributed by atoms with E-state index in [2.05, 4.69) is 10.6 Å². The van der Waals surface area contributed by atoms with Crippen molar-refractivity contribution < 1.29 is 18.4 Å². The van der Waals surface area contributed by atoms with E-state index in [9.17, 15) is 14.0 Å². The van der Waals surface area contributed by atoms with Crippen molar-refractivity contribution in [3.05, 3.63) is 87.9 Å². The normalized spacial score (nSPS) is 10.8. The number of fused-ring (bicyclic) bond motifs is 1. The Labute approximate surface area is 174 Å². The third kappa shape index (κ3) is 4.01. The molecular formula is C21H14ClFN2O3S. The van der Waals surface area contributed by atoms with E-state index in [-0.39, 0.29) is 22.4 Å². The van der Waals surface area contributed by atoms with Crippen molar-refractivity contribution in [3.63, 3.8) is 0 Å². The maximum Gasteiger partial charge on any atom is 0.267 e. The number of halogens is 2. The van der Waals surface area contributed by atoms with Gasteiger partial charge in [-0.1, -0.05) is 23.7 Å². The Balaban J connectivity index is 1.56. The van der Waals surface area contributed by atoms with Crippen LogP contribution in [0.25, 0.3) is 10.1 Å². The molecule has 146 valence electrons. The summed E-state index contributed by atoms with van der Waals surface area (Å²) in [7, 11) is 0. The molecule has 2 amide bonds. The number of para-hydroxylation sites is 1. The molecule has 2 aromatic heterocycles. The first-order valence-corrected chi connectivity index (χ1v) is 9.81. The van der Waals surface area contributed by atoms with Crippen LogP contribution in [0.4, 0.5) is 10.1 Å².